The number of ether oxygens (including phenoxy) is 3. The molecule has 46 heavy (non-hydrogen) atoms. The van der Waals surface area contributed by atoms with Gasteiger partial charge in [-0.25, -0.2) is 14.0 Å². The summed E-state index contributed by atoms with van der Waals surface area (Å²) in [6, 6.07) is 18.4. The summed E-state index contributed by atoms with van der Waals surface area (Å²) in [7, 11) is 0. The van der Waals surface area contributed by atoms with Gasteiger partial charge >= 0.3 is 5.69 Å². The van der Waals surface area contributed by atoms with Gasteiger partial charge in [-0.05, 0) is 80.4 Å². The highest BCUT2D eigenvalue weighted by Crippen LogP contribution is 2.33. The molecule has 0 radical (unpaired) electrons. The number of nitrogens with zero attached hydrogens (tertiary/aromatic N) is 7. The van der Waals surface area contributed by atoms with E-state index < -0.39 is 5.79 Å². The van der Waals surface area contributed by atoms with Crippen LogP contribution in [0, 0.1) is 0 Å². The van der Waals surface area contributed by atoms with Gasteiger partial charge in [0.1, 0.15) is 24.8 Å². The fourth-order valence-corrected chi connectivity index (χ4v) is 5.93. The van der Waals surface area contributed by atoms with Gasteiger partial charge in [-0.2, -0.15) is 10.2 Å². The van der Waals surface area contributed by atoms with Gasteiger partial charge < -0.3 is 24.0 Å². The number of hydrogen-bond donors (Lipinski definition) is 0. The summed E-state index contributed by atoms with van der Waals surface area (Å²) in [5, 5.41) is 8.63. The van der Waals surface area contributed by atoms with Crippen molar-refractivity contribution in [1.82, 2.24) is 24.1 Å². The topological polar surface area (TPSA) is 91.8 Å². The fraction of sp³-hybridized carbons (Fsp3) is 0.400. The van der Waals surface area contributed by atoms with Crippen LogP contribution in [0.4, 0.5) is 11.4 Å². The number of rotatable bonds is 12. The second-order valence-corrected chi connectivity index (χ2v) is 11.9. The zero-order valence-corrected chi connectivity index (χ0v) is 26.9. The van der Waals surface area contributed by atoms with Gasteiger partial charge in [-0.15, -0.1) is 0 Å². The average molecular weight is 626 g/mol. The molecular weight excluding hydrogens is 582 g/mol. The van der Waals surface area contributed by atoms with Gasteiger partial charge in [0.05, 0.1) is 24.9 Å². The summed E-state index contributed by atoms with van der Waals surface area (Å²) in [5.74, 6) is -0.109. The molecule has 2 aliphatic rings. The Morgan fingerprint density at radius 2 is 1.70 bits per heavy atom. The van der Waals surface area contributed by atoms with Crippen molar-refractivity contribution in [2.75, 3.05) is 49.2 Å². The second-order valence-electron chi connectivity index (χ2n) is 11.9. The van der Waals surface area contributed by atoms with E-state index in [4.69, 9.17) is 14.2 Å². The lowest BCUT2D eigenvalue weighted by Crippen LogP contribution is -2.46. The summed E-state index contributed by atoms with van der Waals surface area (Å²) >= 11 is 0. The molecular formula is C35H43N7O4. The van der Waals surface area contributed by atoms with Crippen molar-refractivity contribution >= 4 is 11.4 Å². The molecule has 0 saturated carbocycles. The van der Waals surface area contributed by atoms with Gasteiger partial charge in [0.25, 0.3) is 0 Å². The Morgan fingerprint density at radius 1 is 1.04 bits per heavy atom. The minimum absolute atomic E-state index is 0.0734. The largest absolute Gasteiger partial charge is 0.491 e. The molecule has 0 amide bonds. The van der Waals surface area contributed by atoms with E-state index in [0.29, 0.717) is 19.8 Å². The Morgan fingerprint density at radius 3 is 2.30 bits per heavy atom. The number of anilines is 2. The minimum atomic E-state index is -0.904. The molecule has 0 aliphatic carbocycles. The van der Waals surface area contributed by atoms with E-state index in [1.807, 2.05) is 61.1 Å². The molecule has 11 nitrogen and oxygen atoms in total. The molecule has 2 aromatic heterocycles. The number of aromatic nitrogens is 5. The van der Waals surface area contributed by atoms with Crippen molar-refractivity contribution in [3.05, 3.63) is 108 Å². The summed E-state index contributed by atoms with van der Waals surface area (Å²) < 4.78 is 23.7. The van der Waals surface area contributed by atoms with Crippen molar-refractivity contribution in [2.24, 2.45) is 0 Å². The highest BCUT2D eigenvalue weighted by molar-refractivity contribution is 5.54. The maximum atomic E-state index is 12.8. The molecule has 242 valence electrons. The molecule has 0 spiro atoms. The van der Waals surface area contributed by atoms with Crippen molar-refractivity contribution in [3.8, 4) is 11.4 Å². The van der Waals surface area contributed by atoms with Gasteiger partial charge in [0.2, 0.25) is 5.79 Å². The van der Waals surface area contributed by atoms with E-state index in [-0.39, 0.29) is 17.8 Å². The molecule has 0 N–H and O–H groups in total. The quantitative estimate of drug-likeness (QED) is 0.207. The number of allylic oxidation sites excluding steroid dienone is 2. The molecule has 6 rings (SSSR count). The molecule has 0 bridgehead atoms. The number of hydrogen-bond acceptors (Lipinski definition) is 8. The third-order valence-electron chi connectivity index (χ3n) is 8.87. The number of benzene rings is 2. The molecule has 2 saturated heterocycles. The molecule has 11 heteroatoms. The lowest BCUT2D eigenvalue weighted by molar-refractivity contribution is -0.152. The maximum absolute atomic E-state index is 12.8. The van der Waals surface area contributed by atoms with Crippen LogP contribution in [-0.2, 0) is 16.0 Å². The van der Waals surface area contributed by atoms with Gasteiger partial charge in [0, 0.05) is 49.9 Å². The monoisotopic (exact) mass is 625 g/mol. The van der Waals surface area contributed by atoms with Crippen LogP contribution in [0.2, 0.25) is 0 Å². The van der Waals surface area contributed by atoms with E-state index in [9.17, 15) is 4.79 Å². The van der Waals surface area contributed by atoms with E-state index in [1.165, 1.54) is 5.69 Å². The standard InChI is InChI=1S/C35H43N7O4/c1-5-8-27(3)35(25-40-18-7-17-36-40)45-24-33(46-35)23-44-32-15-13-30(14-16-32)39-21-19-38(20-22-39)29-9-11-31(12-10-29)41-26-37-42(34(41)43)28(4)6-2/h5,7-18,26,28,33H,1,6,19-25H2,2-4H3/b27-8+/t28-,33-,35-/m0/s1. The van der Waals surface area contributed by atoms with Crippen molar-refractivity contribution in [1.29, 1.82) is 0 Å². The summed E-state index contributed by atoms with van der Waals surface area (Å²) in [6.45, 7) is 14.8. The molecule has 3 atom stereocenters. The van der Waals surface area contributed by atoms with Crippen molar-refractivity contribution in [3.63, 3.8) is 0 Å². The first kappa shape index (κ1) is 31.4. The summed E-state index contributed by atoms with van der Waals surface area (Å²) in [4.78, 5) is 17.6. The minimum Gasteiger partial charge on any atom is -0.491 e. The highest BCUT2D eigenvalue weighted by Gasteiger charge is 2.44. The first-order chi connectivity index (χ1) is 22.4. The second kappa shape index (κ2) is 13.8. The molecule has 4 aromatic rings. The first-order valence-electron chi connectivity index (χ1n) is 16.0. The summed E-state index contributed by atoms with van der Waals surface area (Å²) in [6.07, 6.45) is 9.55. The Bertz CT molecular complexity index is 1670. The Labute approximate surface area is 269 Å². The molecule has 2 aliphatic heterocycles. The fourth-order valence-electron chi connectivity index (χ4n) is 5.93. The zero-order chi connectivity index (χ0) is 32.1. The van der Waals surface area contributed by atoms with Crippen LogP contribution in [0.1, 0.15) is 33.2 Å². The smallest absolute Gasteiger partial charge is 0.350 e. The van der Waals surface area contributed by atoms with E-state index in [1.54, 1.807) is 27.8 Å². The van der Waals surface area contributed by atoms with Crippen LogP contribution in [0.15, 0.2) is 102 Å². The summed E-state index contributed by atoms with van der Waals surface area (Å²) in [5.41, 5.74) is 3.97. The SMILES string of the molecule is C=C/C=C(\C)[C@@]1(Cn2cccn2)OC[C@H](COc2ccc(N3CCN(c4ccc(-n5cnn([C@@H](C)CC)c5=O)cc4)CC3)cc2)O1. The lowest BCUT2D eigenvalue weighted by Gasteiger charge is -2.37. The van der Waals surface area contributed by atoms with Crippen LogP contribution in [-0.4, -0.2) is 75.4 Å². The van der Waals surface area contributed by atoms with Crippen molar-refractivity contribution in [2.45, 2.75) is 51.7 Å². The van der Waals surface area contributed by atoms with Gasteiger partial charge in [0.15, 0.2) is 0 Å². The van der Waals surface area contributed by atoms with Crippen LogP contribution in [0.25, 0.3) is 5.69 Å². The molecule has 0 unspecified atom stereocenters. The molecule has 2 aromatic carbocycles. The van der Waals surface area contributed by atoms with E-state index in [0.717, 1.165) is 55.3 Å². The predicted octanol–water partition coefficient (Wildman–Crippen LogP) is 4.85. The number of piperazine rings is 1. The van der Waals surface area contributed by atoms with Crippen LogP contribution >= 0.6 is 0 Å². The lowest BCUT2D eigenvalue weighted by atomic mass is 10.1. The van der Waals surface area contributed by atoms with Crippen LogP contribution in [0.5, 0.6) is 5.75 Å². The van der Waals surface area contributed by atoms with Crippen LogP contribution in [0.3, 0.4) is 0 Å². The van der Waals surface area contributed by atoms with Crippen molar-refractivity contribution < 1.29 is 14.2 Å². The first-order valence-corrected chi connectivity index (χ1v) is 16.0. The van der Waals surface area contributed by atoms with Gasteiger partial charge in [-0.1, -0.05) is 25.7 Å². The zero-order valence-electron chi connectivity index (χ0n) is 26.9. The Balaban J connectivity index is 0.999. The third-order valence-corrected chi connectivity index (χ3v) is 8.87. The Kier molecular flexibility index (Phi) is 9.41. The third kappa shape index (κ3) is 6.66. The maximum Gasteiger partial charge on any atom is 0.350 e. The average Bonchev–Trinajstić information content (AvgIpc) is 3.85. The van der Waals surface area contributed by atoms with E-state index in [2.05, 4.69) is 57.8 Å². The predicted molar refractivity (Wildman–Crippen MR) is 179 cm³/mol. The van der Waals surface area contributed by atoms with E-state index >= 15 is 0 Å². The van der Waals surface area contributed by atoms with Gasteiger partial charge in [-0.3, -0.25) is 4.68 Å². The molecule has 4 heterocycles. The highest BCUT2D eigenvalue weighted by atomic mass is 16.8. The normalized spacial score (nSPS) is 21.0. The van der Waals surface area contributed by atoms with Crippen LogP contribution < -0.4 is 20.2 Å². The molecule has 2 fully saturated rings. The Hall–Kier alpha value is -4.61.